The number of ether oxygens (including phenoxy) is 1. The number of esters is 1. The largest absolute Gasteiger partial charge is 0.459 e. The van der Waals surface area contributed by atoms with Crippen LogP contribution in [-0.2, 0) is 14.3 Å². The van der Waals surface area contributed by atoms with Gasteiger partial charge < -0.3 is 4.74 Å². The molecule has 0 aliphatic rings. The van der Waals surface area contributed by atoms with Crippen molar-refractivity contribution in [1.82, 2.24) is 10.9 Å². The van der Waals surface area contributed by atoms with Crippen LogP contribution in [0.2, 0.25) is 0 Å². The van der Waals surface area contributed by atoms with Crippen LogP contribution < -0.4 is 10.9 Å². The first-order chi connectivity index (χ1) is 5.45. The molecule has 0 fully saturated rings. The minimum atomic E-state index is -0.486. The van der Waals surface area contributed by atoms with E-state index < -0.39 is 11.6 Å². The summed E-state index contributed by atoms with van der Waals surface area (Å²) >= 11 is 0. The van der Waals surface area contributed by atoms with Crippen molar-refractivity contribution in [3.8, 4) is 0 Å². The van der Waals surface area contributed by atoms with Crippen molar-refractivity contribution in [2.75, 3.05) is 6.54 Å². The van der Waals surface area contributed by atoms with Gasteiger partial charge in [0.2, 0.25) is 6.41 Å². The highest BCUT2D eigenvalue weighted by Gasteiger charge is 2.15. The van der Waals surface area contributed by atoms with Gasteiger partial charge in [-0.1, -0.05) is 0 Å². The topological polar surface area (TPSA) is 67.4 Å². The molecule has 0 spiro atoms. The highest BCUT2D eigenvalue weighted by Crippen LogP contribution is 2.05. The Labute approximate surface area is 71.4 Å². The fourth-order valence-corrected chi connectivity index (χ4v) is 0.542. The van der Waals surface area contributed by atoms with Crippen molar-refractivity contribution in [2.24, 2.45) is 0 Å². The van der Waals surface area contributed by atoms with Crippen LogP contribution in [0.5, 0.6) is 0 Å². The van der Waals surface area contributed by atoms with Crippen LogP contribution in [0.4, 0.5) is 0 Å². The quantitative estimate of drug-likeness (QED) is 0.263. The van der Waals surface area contributed by atoms with Gasteiger partial charge in [0.05, 0.1) is 0 Å². The first-order valence-electron chi connectivity index (χ1n) is 3.59. The highest BCUT2D eigenvalue weighted by atomic mass is 16.6. The van der Waals surface area contributed by atoms with Crippen molar-refractivity contribution in [3.05, 3.63) is 0 Å². The smallest absolute Gasteiger partial charge is 0.322 e. The van der Waals surface area contributed by atoms with E-state index in [1.54, 1.807) is 20.8 Å². The molecule has 2 N–H and O–H groups in total. The lowest BCUT2D eigenvalue weighted by atomic mass is 10.2. The van der Waals surface area contributed by atoms with Gasteiger partial charge in [-0.25, -0.2) is 5.43 Å². The second-order valence-electron chi connectivity index (χ2n) is 3.20. The van der Waals surface area contributed by atoms with Crippen LogP contribution >= 0.6 is 0 Å². The van der Waals surface area contributed by atoms with Gasteiger partial charge in [0, 0.05) is 0 Å². The zero-order chi connectivity index (χ0) is 9.61. The van der Waals surface area contributed by atoms with E-state index in [1.165, 1.54) is 0 Å². The van der Waals surface area contributed by atoms with Crippen molar-refractivity contribution in [1.29, 1.82) is 0 Å². The molecule has 0 aromatic rings. The van der Waals surface area contributed by atoms with Crippen molar-refractivity contribution < 1.29 is 14.3 Å². The molecule has 5 nitrogen and oxygen atoms in total. The van der Waals surface area contributed by atoms with Crippen LogP contribution in [0.25, 0.3) is 0 Å². The Hall–Kier alpha value is -1.10. The standard InChI is InChI=1S/C7H14N2O3/c1-7(2,3)12-6(11)4-8-9-5-10/h5,8H,4H2,1-3H3,(H,9,10). The molecule has 0 aromatic heterocycles. The molecule has 12 heavy (non-hydrogen) atoms. The van der Waals surface area contributed by atoms with Crippen molar-refractivity contribution >= 4 is 12.4 Å². The van der Waals surface area contributed by atoms with Gasteiger partial charge >= 0.3 is 5.97 Å². The Balaban J connectivity index is 3.53. The van der Waals surface area contributed by atoms with Crippen LogP contribution in [0.15, 0.2) is 0 Å². The van der Waals surface area contributed by atoms with E-state index in [-0.39, 0.29) is 6.54 Å². The van der Waals surface area contributed by atoms with Crippen LogP contribution in [0.3, 0.4) is 0 Å². The molecule has 0 unspecified atom stereocenters. The van der Waals surface area contributed by atoms with Gasteiger partial charge in [0.15, 0.2) is 0 Å². The summed E-state index contributed by atoms with van der Waals surface area (Å²) in [5.74, 6) is -0.406. The second-order valence-corrected chi connectivity index (χ2v) is 3.20. The highest BCUT2D eigenvalue weighted by molar-refractivity contribution is 5.72. The molecule has 0 heterocycles. The summed E-state index contributed by atoms with van der Waals surface area (Å²) in [6.45, 7) is 5.30. The summed E-state index contributed by atoms with van der Waals surface area (Å²) < 4.78 is 4.93. The maximum Gasteiger partial charge on any atom is 0.322 e. The lowest BCUT2D eigenvalue weighted by molar-refractivity contribution is -0.153. The Morgan fingerprint density at radius 2 is 2.08 bits per heavy atom. The van der Waals surface area contributed by atoms with E-state index in [2.05, 4.69) is 10.9 Å². The van der Waals surface area contributed by atoms with E-state index in [4.69, 9.17) is 4.74 Å². The molecule has 1 amide bonds. The number of hydrogen-bond acceptors (Lipinski definition) is 4. The fourth-order valence-electron chi connectivity index (χ4n) is 0.542. The summed E-state index contributed by atoms with van der Waals surface area (Å²) in [6.07, 6.45) is 0.449. The lowest BCUT2D eigenvalue weighted by Crippen LogP contribution is -2.38. The number of carbonyl (C=O) groups is 2. The zero-order valence-corrected chi connectivity index (χ0v) is 7.51. The molecule has 70 valence electrons. The minimum Gasteiger partial charge on any atom is -0.459 e. The Bertz CT molecular complexity index is 163. The summed E-state index contributed by atoms with van der Waals surface area (Å²) in [5, 5.41) is 0. The Morgan fingerprint density at radius 3 is 2.50 bits per heavy atom. The van der Waals surface area contributed by atoms with E-state index >= 15 is 0 Å². The SMILES string of the molecule is CC(C)(C)OC(=O)CNNC=O. The summed E-state index contributed by atoms with van der Waals surface area (Å²) in [6, 6.07) is 0. The molecule has 5 heteroatoms. The minimum absolute atomic E-state index is 0.0317. The zero-order valence-electron chi connectivity index (χ0n) is 7.51. The van der Waals surface area contributed by atoms with Crippen LogP contribution in [-0.4, -0.2) is 24.5 Å². The predicted octanol–water partition coefficient (Wildman–Crippen LogP) is -0.421. The molecular formula is C7H14N2O3. The van der Waals surface area contributed by atoms with Crippen molar-refractivity contribution in [2.45, 2.75) is 26.4 Å². The summed E-state index contributed by atoms with van der Waals surface area (Å²) in [4.78, 5) is 20.6. The molecule has 0 atom stereocenters. The van der Waals surface area contributed by atoms with E-state index in [0.29, 0.717) is 6.41 Å². The van der Waals surface area contributed by atoms with Gasteiger partial charge in [-0.2, -0.15) is 0 Å². The van der Waals surface area contributed by atoms with Crippen LogP contribution in [0.1, 0.15) is 20.8 Å². The maximum atomic E-state index is 10.9. The molecule has 0 bridgehead atoms. The van der Waals surface area contributed by atoms with Gasteiger partial charge in [0.25, 0.3) is 0 Å². The molecular weight excluding hydrogens is 160 g/mol. The van der Waals surface area contributed by atoms with E-state index in [9.17, 15) is 9.59 Å². The molecule has 0 aliphatic heterocycles. The Morgan fingerprint density at radius 1 is 1.50 bits per heavy atom. The number of nitrogens with one attached hydrogen (secondary N) is 2. The third kappa shape index (κ3) is 7.01. The molecule has 0 radical (unpaired) electrons. The molecule has 0 saturated heterocycles. The van der Waals surface area contributed by atoms with Gasteiger partial charge in [0.1, 0.15) is 12.1 Å². The molecule has 0 saturated carbocycles. The number of hydrogen-bond donors (Lipinski definition) is 2. The second kappa shape index (κ2) is 4.71. The predicted molar refractivity (Wildman–Crippen MR) is 43.0 cm³/mol. The van der Waals surface area contributed by atoms with Crippen molar-refractivity contribution in [3.63, 3.8) is 0 Å². The number of amides is 1. The molecule has 0 aliphatic carbocycles. The van der Waals surface area contributed by atoms with Gasteiger partial charge in [-0.05, 0) is 20.8 Å². The van der Waals surface area contributed by atoms with Gasteiger partial charge in [-0.3, -0.25) is 15.0 Å². The first-order valence-corrected chi connectivity index (χ1v) is 3.59. The summed E-state index contributed by atoms with van der Waals surface area (Å²) in [7, 11) is 0. The number of rotatable bonds is 4. The Kier molecular flexibility index (Phi) is 4.28. The first kappa shape index (κ1) is 10.9. The fraction of sp³-hybridized carbons (Fsp3) is 0.714. The maximum absolute atomic E-state index is 10.9. The third-order valence-corrected chi connectivity index (χ3v) is 0.814. The average molecular weight is 174 g/mol. The normalized spacial score (nSPS) is 10.6. The van der Waals surface area contributed by atoms with Crippen LogP contribution in [0, 0.1) is 0 Å². The van der Waals surface area contributed by atoms with E-state index in [1.807, 2.05) is 0 Å². The third-order valence-electron chi connectivity index (χ3n) is 0.814. The van der Waals surface area contributed by atoms with Gasteiger partial charge in [-0.15, -0.1) is 0 Å². The average Bonchev–Trinajstić information content (AvgIpc) is 1.84. The lowest BCUT2D eigenvalue weighted by Gasteiger charge is -2.19. The number of carbonyl (C=O) groups excluding carboxylic acids is 2. The summed E-state index contributed by atoms with van der Waals surface area (Å²) in [5.41, 5.74) is 4.01. The molecule has 0 rings (SSSR count). The van der Waals surface area contributed by atoms with E-state index in [0.717, 1.165) is 0 Å². The molecule has 0 aromatic carbocycles. The monoisotopic (exact) mass is 174 g/mol. The number of hydrazine groups is 1.